The Labute approximate surface area is 172 Å². The van der Waals surface area contributed by atoms with Crippen molar-refractivity contribution in [3.05, 3.63) is 41.0 Å². The van der Waals surface area contributed by atoms with Crippen molar-refractivity contribution < 1.29 is 31.5 Å². The van der Waals surface area contributed by atoms with Crippen LogP contribution < -0.4 is 11.1 Å². The maximum Gasteiger partial charge on any atom is 0.420 e. The summed E-state index contributed by atoms with van der Waals surface area (Å²) in [7, 11) is 0. The number of carbonyl (C=O) groups is 2. The molecule has 2 aliphatic rings. The fourth-order valence-corrected chi connectivity index (χ4v) is 3.76. The van der Waals surface area contributed by atoms with Crippen LogP contribution in [0.4, 0.5) is 27.6 Å². The monoisotopic (exact) mass is 443 g/mol. The van der Waals surface area contributed by atoms with Crippen molar-refractivity contribution in [3.63, 3.8) is 0 Å². The molecule has 0 atom stereocenters. The third-order valence-electron chi connectivity index (χ3n) is 5.32. The van der Waals surface area contributed by atoms with Crippen LogP contribution in [0.1, 0.15) is 63.8 Å². The number of aromatic nitrogens is 3. The van der Waals surface area contributed by atoms with Crippen LogP contribution in [-0.2, 0) is 12.7 Å². The molecule has 31 heavy (non-hydrogen) atoms. The molecule has 2 heterocycles. The van der Waals surface area contributed by atoms with Crippen LogP contribution in [0.2, 0.25) is 0 Å². The van der Waals surface area contributed by atoms with Crippen molar-refractivity contribution in [2.45, 2.75) is 50.2 Å². The molecular weight excluding hydrogens is 425 g/mol. The second kappa shape index (κ2) is 7.27. The number of carbonyl (C=O) groups excluding carboxylic acids is 2. The van der Waals surface area contributed by atoms with Gasteiger partial charge in [0.2, 0.25) is 5.92 Å². The molecule has 0 saturated heterocycles. The zero-order chi connectivity index (χ0) is 22.6. The van der Waals surface area contributed by atoms with E-state index >= 15 is 0 Å². The maximum atomic E-state index is 13.9. The third-order valence-corrected chi connectivity index (χ3v) is 5.32. The van der Waals surface area contributed by atoms with Gasteiger partial charge in [0, 0.05) is 37.2 Å². The summed E-state index contributed by atoms with van der Waals surface area (Å²) in [4.78, 5) is 27.9. The number of nitrogens with zero attached hydrogens (tertiary/aromatic N) is 3. The Morgan fingerprint density at radius 3 is 2.48 bits per heavy atom. The minimum atomic E-state index is -4.86. The van der Waals surface area contributed by atoms with Crippen molar-refractivity contribution in [2.75, 3.05) is 5.32 Å². The standard InChI is InChI=1S/C19H18F5N5O2/c20-18(21)6-9(7-18)8-29-15(13(19(22,23)24)14(28-29)10-1-2-10)17(31)27-11-3-4-26-12(5-11)16(25)30/h3-5,9-10H,1-2,6-8H2,(H2,25,30)(H,26,27,31). The van der Waals surface area contributed by atoms with Crippen LogP contribution >= 0.6 is 0 Å². The second-order valence-electron chi connectivity index (χ2n) is 7.94. The van der Waals surface area contributed by atoms with Crippen LogP contribution in [0.5, 0.6) is 0 Å². The zero-order valence-corrected chi connectivity index (χ0v) is 16.0. The minimum Gasteiger partial charge on any atom is -0.364 e. The Bertz CT molecular complexity index is 1040. The summed E-state index contributed by atoms with van der Waals surface area (Å²) < 4.78 is 69.1. The van der Waals surface area contributed by atoms with E-state index in [0.29, 0.717) is 12.8 Å². The summed E-state index contributed by atoms with van der Waals surface area (Å²) in [5.74, 6) is -5.85. The molecule has 0 aliphatic heterocycles. The first-order valence-corrected chi connectivity index (χ1v) is 9.57. The molecule has 2 saturated carbocycles. The maximum absolute atomic E-state index is 13.9. The van der Waals surface area contributed by atoms with Gasteiger partial charge < -0.3 is 11.1 Å². The molecule has 0 spiro atoms. The van der Waals surface area contributed by atoms with Crippen molar-refractivity contribution in [3.8, 4) is 0 Å². The lowest BCUT2D eigenvalue weighted by atomic mass is 9.81. The molecule has 2 fully saturated rings. The van der Waals surface area contributed by atoms with Crippen LogP contribution in [-0.4, -0.2) is 32.5 Å². The van der Waals surface area contributed by atoms with E-state index in [-0.39, 0.29) is 23.6 Å². The molecule has 0 bridgehead atoms. The molecule has 0 aromatic carbocycles. The van der Waals surface area contributed by atoms with Crippen LogP contribution in [0.15, 0.2) is 18.3 Å². The lowest BCUT2D eigenvalue weighted by Gasteiger charge is -2.35. The molecule has 7 nitrogen and oxygen atoms in total. The normalized spacial score (nSPS) is 18.5. The van der Waals surface area contributed by atoms with Crippen LogP contribution in [0.3, 0.4) is 0 Å². The number of rotatable bonds is 6. The molecule has 2 aliphatic carbocycles. The topological polar surface area (TPSA) is 103 Å². The smallest absolute Gasteiger partial charge is 0.364 e. The quantitative estimate of drug-likeness (QED) is 0.667. The van der Waals surface area contributed by atoms with Gasteiger partial charge in [-0.3, -0.25) is 19.3 Å². The Morgan fingerprint density at radius 2 is 1.94 bits per heavy atom. The highest BCUT2D eigenvalue weighted by Gasteiger charge is 2.49. The number of halogens is 5. The SMILES string of the molecule is NC(=O)c1cc(NC(=O)c2c(C(F)(F)F)c(C3CC3)nn2CC2CC(F)(F)C2)ccn1. The van der Waals surface area contributed by atoms with E-state index in [0.717, 1.165) is 10.7 Å². The number of amides is 2. The van der Waals surface area contributed by atoms with E-state index in [4.69, 9.17) is 5.73 Å². The summed E-state index contributed by atoms with van der Waals surface area (Å²) in [6.45, 7) is -0.225. The number of nitrogens with two attached hydrogens (primary N) is 1. The van der Waals surface area contributed by atoms with Gasteiger partial charge in [-0.2, -0.15) is 18.3 Å². The van der Waals surface area contributed by atoms with Gasteiger partial charge in [0.05, 0.1) is 5.69 Å². The van der Waals surface area contributed by atoms with Gasteiger partial charge in [0.25, 0.3) is 11.8 Å². The largest absolute Gasteiger partial charge is 0.420 e. The Hall–Kier alpha value is -3.05. The molecule has 12 heteroatoms. The summed E-state index contributed by atoms with van der Waals surface area (Å²) in [5, 5.41) is 6.33. The van der Waals surface area contributed by atoms with E-state index in [1.807, 2.05) is 0 Å². The van der Waals surface area contributed by atoms with Gasteiger partial charge in [-0.25, -0.2) is 8.78 Å². The predicted octanol–water partition coefficient (Wildman–Crippen LogP) is 3.57. The lowest BCUT2D eigenvalue weighted by molar-refractivity contribution is -0.138. The average molecular weight is 443 g/mol. The first-order chi connectivity index (χ1) is 14.4. The summed E-state index contributed by atoms with van der Waals surface area (Å²) in [5.41, 5.74) is 2.84. The van der Waals surface area contributed by atoms with Gasteiger partial charge in [-0.05, 0) is 30.9 Å². The number of nitrogens with one attached hydrogen (secondary N) is 1. The predicted molar refractivity (Wildman–Crippen MR) is 97.6 cm³/mol. The number of hydrogen-bond donors (Lipinski definition) is 2. The molecular formula is C19H18F5N5O2. The van der Waals surface area contributed by atoms with Crippen LogP contribution in [0.25, 0.3) is 0 Å². The molecule has 3 N–H and O–H groups in total. The van der Waals surface area contributed by atoms with E-state index in [1.165, 1.54) is 12.3 Å². The Kier molecular flexibility index (Phi) is 4.97. The highest BCUT2D eigenvalue weighted by Crippen LogP contribution is 2.48. The second-order valence-corrected chi connectivity index (χ2v) is 7.94. The molecule has 0 unspecified atom stereocenters. The Balaban J connectivity index is 1.70. The molecule has 2 amide bonds. The first kappa shape index (κ1) is 21.2. The minimum absolute atomic E-state index is 0.0119. The lowest BCUT2D eigenvalue weighted by Crippen LogP contribution is -2.38. The van der Waals surface area contributed by atoms with Gasteiger partial charge >= 0.3 is 6.18 Å². The third kappa shape index (κ3) is 4.37. The van der Waals surface area contributed by atoms with Crippen molar-refractivity contribution in [2.24, 2.45) is 11.7 Å². The number of hydrogen-bond acceptors (Lipinski definition) is 4. The van der Waals surface area contributed by atoms with Gasteiger partial charge in [-0.15, -0.1) is 0 Å². The highest BCUT2D eigenvalue weighted by molar-refractivity contribution is 6.05. The number of primary amides is 1. The average Bonchev–Trinajstić information content (AvgIpc) is 3.40. The van der Waals surface area contributed by atoms with E-state index in [2.05, 4.69) is 15.4 Å². The van der Waals surface area contributed by atoms with Crippen molar-refractivity contribution in [1.29, 1.82) is 0 Å². The van der Waals surface area contributed by atoms with Gasteiger partial charge in [0.15, 0.2) is 0 Å². The zero-order valence-electron chi connectivity index (χ0n) is 16.0. The highest BCUT2D eigenvalue weighted by atomic mass is 19.4. The number of pyridine rings is 1. The molecule has 166 valence electrons. The summed E-state index contributed by atoms with van der Waals surface area (Å²) in [6.07, 6.45) is -3.61. The number of alkyl halides is 5. The molecule has 4 rings (SSSR count). The fraction of sp³-hybridized carbons (Fsp3) is 0.474. The van der Waals surface area contributed by atoms with Gasteiger partial charge in [-0.1, -0.05) is 0 Å². The molecule has 2 aromatic heterocycles. The van der Waals surface area contributed by atoms with Crippen molar-refractivity contribution in [1.82, 2.24) is 14.8 Å². The van der Waals surface area contributed by atoms with Crippen molar-refractivity contribution >= 4 is 17.5 Å². The summed E-state index contributed by atoms with van der Waals surface area (Å²) >= 11 is 0. The van der Waals surface area contributed by atoms with Crippen LogP contribution in [0, 0.1) is 5.92 Å². The van der Waals surface area contributed by atoms with Gasteiger partial charge in [0.1, 0.15) is 17.0 Å². The first-order valence-electron chi connectivity index (χ1n) is 9.57. The van der Waals surface area contributed by atoms with E-state index in [9.17, 15) is 31.5 Å². The fourth-order valence-electron chi connectivity index (χ4n) is 3.76. The van der Waals surface area contributed by atoms with E-state index < -0.39 is 59.8 Å². The molecule has 0 radical (unpaired) electrons. The Morgan fingerprint density at radius 1 is 1.26 bits per heavy atom. The summed E-state index contributed by atoms with van der Waals surface area (Å²) in [6, 6.07) is 2.41. The molecule has 2 aromatic rings. The number of anilines is 1. The van der Waals surface area contributed by atoms with E-state index in [1.54, 1.807) is 0 Å².